The van der Waals surface area contributed by atoms with Gasteiger partial charge in [-0.15, -0.1) is 0 Å². The molecule has 26 heavy (non-hydrogen) atoms. The van der Waals surface area contributed by atoms with Gasteiger partial charge < -0.3 is 9.80 Å². The van der Waals surface area contributed by atoms with Crippen LogP contribution in [0.2, 0.25) is 0 Å². The summed E-state index contributed by atoms with van der Waals surface area (Å²) in [4.78, 5) is 25.0. The van der Waals surface area contributed by atoms with E-state index in [1.54, 1.807) is 18.5 Å². The molecule has 4 rings (SSSR count). The predicted molar refractivity (Wildman–Crippen MR) is 97.0 cm³/mol. The van der Waals surface area contributed by atoms with Crippen LogP contribution in [0.15, 0.2) is 42.7 Å². The molecule has 1 unspecified atom stereocenters. The van der Waals surface area contributed by atoms with E-state index in [-0.39, 0.29) is 17.1 Å². The highest BCUT2D eigenvalue weighted by molar-refractivity contribution is 5.77. The van der Waals surface area contributed by atoms with E-state index in [0.717, 1.165) is 38.0 Å². The Bertz CT molecular complexity index is 784. The molecule has 0 aromatic carbocycles. The van der Waals surface area contributed by atoms with Gasteiger partial charge in [0.2, 0.25) is 5.91 Å². The summed E-state index contributed by atoms with van der Waals surface area (Å²) in [6.45, 7) is 2.80. The fraction of sp³-hybridized carbons (Fsp3) is 0.450. The number of halogens is 1. The molecular weight excluding hydrogens is 331 g/mol. The maximum atomic E-state index is 14.2. The Morgan fingerprint density at radius 1 is 1.08 bits per heavy atom. The van der Waals surface area contributed by atoms with Gasteiger partial charge in [-0.1, -0.05) is 6.07 Å². The molecule has 2 aromatic heterocycles. The molecule has 0 saturated carbocycles. The lowest BCUT2D eigenvalue weighted by molar-refractivity contribution is -0.138. The lowest BCUT2D eigenvalue weighted by atomic mass is 9.73. The molecule has 2 aromatic rings. The zero-order chi connectivity index (χ0) is 18.0. The van der Waals surface area contributed by atoms with Crippen molar-refractivity contribution in [1.29, 1.82) is 0 Å². The first-order chi connectivity index (χ1) is 12.7. The Labute approximate surface area is 152 Å². The summed E-state index contributed by atoms with van der Waals surface area (Å²) in [6, 6.07) is 8.85. The number of carbonyl (C=O) groups is 1. The van der Waals surface area contributed by atoms with Crippen molar-refractivity contribution in [2.24, 2.45) is 5.41 Å². The number of aromatic nitrogens is 2. The lowest BCUT2D eigenvalue weighted by Gasteiger charge is -2.48. The summed E-state index contributed by atoms with van der Waals surface area (Å²) in [5, 5.41) is 0. The van der Waals surface area contributed by atoms with E-state index in [9.17, 15) is 9.18 Å². The van der Waals surface area contributed by atoms with Crippen LogP contribution in [-0.4, -0.2) is 40.4 Å². The van der Waals surface area contributed by atoms with Gasteiger partial charge in [0.1, 0.15) is 0 Å². The molecule has 2 saturated heterocycles. The number of nitrogens with zero attached hydrogens (tertiary/aromatic N) is 4. The molecule has 0 N–H and O–H groups in total. The Hall–Kier alpha value is -2.50. The topological polar surface area (TPSA) is 49.3 Å². The third kappa shape index (κ3) is 3.41. The molecule has 0 bridgehead atoms. The van der Waals surface area contributed by atoms with E-state index in [1.807, 2.05) is 28.0 Å². The summed E-state index contributed by atoms with van der Waals surface area (Å²) in [6.07, 6.45) is 6.84. The van der Waals surface area contributed by atoms with Crippen molar-refractivity contribution in [3.8, 4) is 0 Å². The molecule has 2 fully saturated rings. The van der Waals surface area contributed by atoms with Crippen LogP contribution in [0, 0.1) is 11.2 Å². The van der Waals surface area contributed by atoms with Crippen LogP contribution in [0.3, 0.4) is 0 Å². The summed E-state index contributed by atoms with van der Waals surface area (Å²) >= 11 is 0. The minimum atomic E-state index is -0.276. The van der Waals surface area contributed by atoms with Crippen LogP contribution < -0.4 is 4.90 Å². The maximum Gasteiger partial charge on any atom is 0.222 e. The van der Waals surface area contributed by atoms with Crippen molar-refractivity contribution in [2.45, 2.75) is 32.2 Å². The predicted octanol–water partition coefficient (Wildman–Crippen LogP) is 3.02. The van der Waals surface area contributed by atoms with Crippen molar-refractivity contribution in [3.63, 3.8) is 0 Å². The molecule has 4 heterocycles. The Morgan fingerprint density at radius 3 is 2.77 bits per heavy atom. The van der Waals surface area contributed by atoms with Gasteiger partial charge in [0.05, 0.1) is 12.2 Å². The highest BCUT2D eigenvalue weighted by atomic mass is 19.1. The smallest absolute Gasteiger partial charge is 0.222 e. The number of hydrogen-bond acceptors (Lipinski definition) is 4. The van der Waals surface area contributed by atoms with E-state index in [4.69, 9.17) is 0 Å². The number of piperidine rings is 2. The Kier molecular flexibility index (Phi) is 4.57. The van der Waals surface area contributed by atoms with Crippen LogP contribution in [0.1, 0.15) is 31.4 Å². The third-order valence-electron chi connectivity index (χ3n) is 5.53. The average molecular weight is 354 g/mol. The number of amides is 1. The van der Waals surface area contributed by atoms with Gasteiger partial charge in [0.25, 0.3) is 0 Å². The molecule has 1 amide bonds. The van der Waals surface area contributed by atoms with Crippen molar-refractivity contribution in [2.75, 3.05) is 24.5 Å². The van der Waals surface area contributed by atoms with Gasteiger partial charge in [-0.3, -0.25) is 9.78 Å². The van der Waals surface area contributed by atoms with Gasteiger partial charge in [0, 0.05) is 43.9 Å². The number of pyridine rings is 2. The number of rotatable bonds is 3. The normalized spacial score (nSPS) is 23.5. The first kappa shape index (κ1) is 16.9. The zero-order valence-corrected chi connectivity index (χ0v) is 14.8. The number of hydrogen-bond donors (Lipinski definition) is 0. The van der Waals surface area contributed by atoms with Gasteiger partial charge in [0.15, 0.2) is 11.6 Å². The van der Waals surface area contributed by atoms with Crippen LogP contribution in [0.25, 0.3) is 0 Å². The lowest BCUT2D eigenvalue weighted by Crippen LogP contribution is -2.54. The van der Waals surface area contributed by atoms with Crippen molar-refractivity contribution < 1.29 is 9.18 Å². The summed E-state index contributed by atoms with van der Waals surface area (Å²) in [5.74, 6) is 0.337. The molecule has 1 spiro atoms. The van der Waals surface area contributed by atoms with Crippen LogP contribution in [-0.2, 0) is 11.3 Å². The van der Waals surface area contributed by atoms with E-state index in [1.165, 1.54) is 6.07 Å². The minimum Gasteiger partial charge on any atom is -0.354 e. The van der Waals surface area contributed by atoms with Gasteiger partial charge in [-0.25, -0.2) is 9.37 Å². The standard InChI is InChI=1S/C20H23FN4O/c21-17-6-3-11-23-19(17)24-12-4-8-20(14-24)9-7-18(26)25(15-20)13-16-5-1-2-10-22-16/h1-3,5-6,10-11H,4,7-9,12-15H2. The maximum absolute atomic E-state index is 14.2. The largest absolute Gasteiger partial charge is 0.354 e. The molecular formula is C20H23FN4O. The van der Waals surface area contributed by atoms with Crippen LogP contribution in [0.5, 0.6) is 0 Å². The minimum absolute atomic E-state index is 0.00486. The molecule has 5 nitrogen and oxygen atoms in total. The van der Waals surface area contributed by atoms with E-state index in [0.29, 0.717) is 25.3 Å². The number of anilines is 1. The number of likely N-dealkylation sites (tertiary alicyclic amines) is 1. The fourth-order valence-electron chi connectivity index (χ4n) is 4.27. The zero-order valence-electron chi connectivity index (χ0n) is 14.8. The van der Waals surface area contributed by atoms with Gasteiger partial charge in [-0.2, -0.15) is 0 Å². The average Bonchev–Trinajstić information content (AvgIpc) is 2.66. The molecule has 0 aliphatic carbocycles. The summed E-state index contributed by atoms with van der Waals surface area (Å²) in [5.41, 5.74) is 0.909. The Morgan fingerprint density at radius 2 is 1.96 bits per heavy atom. The third-order valence-corrected chi connectivity index (χ3v) is 5.53. The molecule has 1 atom stereocenters. The first-order valence-corrected chi connectivity index (χ1v) is 9.18. The monoisotopic (exact) mass is 354 g/mol. The molecule has 6 heteroatoms. The fourth-order valence-corrected chi connectivity index (χ4v) is 4.27. The van der Waals surface area contributed by atoms with Gasteiger partial charge in [-0.05, 0) is 43.5 Å². The summed E-state index contributed by atoms with van der Waals surface area (Å²) < 4.78 is 14.2. The molecule has 136 valence electrons. The molecule has 0 radical (unpaired) electrons. The van der Waals surface area contributed by atoms with Crippen LogP contribution in [0.4, 0.5) is 10.2 Å². The van der Waals surface area contributed by atoms with E-state index < -0.39 is 0 Å². The Balaban J connectivity index is 1.52. The highest BCUT2D eigenvalue weighted by Gasteiger charge is 2.42. The SMILES string of the molecule is O=C1CCC2(CCCN(c3ncccc3F)C2)CN1Cc1ccccn1. The van der Waals surface area contributed by atoms with Crippen molar-refractivity contribution >= 4 is 11.7 Å². The van der Waals surface area contributed by atoms with E-state index >= 15 is 0 Å². The second-order valence-electron chi connectivity index (χ2n) is 7.40. The molecule has 2 aliphatic rings. The quantitative estimate of drug-likeness (QED) is 0.850. The van der Waals surface area contributed by atoms with Crippen molar-refractivity contribution in [1.82, 2.24) is 14.9 Å². The summed E-state index contributed by atoms with van der Waals surface area (Å²) in [7, 11) is 0. The first-order valence-electron chi connectivity index (χ1n) is 9.18. The second-order valence-corrected chi connectivity index (χ2v) is 7.40. The second kappa shape index (κ2) is 7.02. The van der Waals surface area contributed by atoms with E-state index in [2.05, 4.69) is 9.97 Å². The number of carbonyl (C=O) groups excluding carboxylic acids is 1. The van der Waals surface area contributed by atoms with Crippen molar-refractivity contribution in [3.05, 3.63) is 54.2 Å². The highest BCUT2D eigenvalue weighted by Crippen LogP contribution is 2.40. The van der Waals surface area contributed by atoms with Crippen LogP contribution >= 0.6 is 0 Å². The van der Waals surface area contributed by atoms with Gasteiger partial charge >= 0.3 is 0 Å². The molecule has 2 aliphatic heterocycles.